The number of thioether (sulfide) groups is 1. The van der Waals surface area contributed by atoms with Crippen LogP contribution in [0.2, 0.25) is 0 Å². The third kappa shape index (κ3) is 2.99. The summed E-state index contributed by atoms with van der Waals surface area (Å²) in [5.41, 5.74) is 2.77. The number of fused-ring (bicyclic) bond motifs is 2. The van der Waals surface area contributed by atoms with Crippen molar-refractivity contribution in [3.05, 3.63) is 64.2 Å². The van der Waals surface area contributed by atoms with Crippen LogP contribution in [-0.4, -0.2) is 26.4 Å². The van der Waals surface area contributed by atoms with Gasteiger partial charge in [-0.2, -0.15) is 0 Å². The molecule has 0 N–H and O–H groups in total. The lowest BCUT2D eigenvalue weighted by Crippen LogP contribution is -2.17. The minimum absolute atomic E-state index is 0.106. The monoisotopic (exact) mass is 394 g/mol. The minimum Gasteiger partial charge on any atom is -0.454 e. The van der Waals surface area contributed by atoms with Crippen molar-refractivity contribution in [1.29, 1.82) is 0 Å². The molecule has 1 aliphatic heterocycles. The second-order valence-electron chi connectivity index (χ2n) is 6.18. The molecule has 4 aromatic rings. The van der Waals surface area contributed by atoms with Gasteiger partial charge in [0.25, 0.3) is 10.8 Å². The normalized spacial score (nSPS) is 12.6. The molecule has 140 valence electrons. The molecule has 0 saturated heterocycles. The van der Waals surface area contributed by atoms with E-state index in [1.165, 1.54) is 17.8 Å². The summed E-state index contributed by atoms with van der Waals surface area (Å²) in [6, 6.07) is 12.5. The Morgan fingerprint density at radius 3 is 2.93 bits per heavy atom. The minimum atomic E-state index is -0.106. The fourth-order valence-corrected chi connectivity index (χ4v) is 3.64. The molecule has 0 atom stereocenters. The lowest BCUT2D eigenvalue weighted by molar-refractivity contribution is 0.174. The maximum absolute atomic E-state index is 12.4. The van der Waals surface area contributed by atoms with Gasteiger partial charge in [0.1, 0.15) is 5.65 Å². The number of hydrogen-bond donors (Lipinski definition) is 0. The third-order valence-electron chi connectivity index (χ3n) is 4.30. The highest BCUT2D eigenvalue weighted by molar-refractivity contribution is 7.98. The quantitative estimate of drug-likeness (QED) is 0.488. The van der Waals surface area contributed by atoms with Gasteiger partial charge in [-0.05, 0) is 37.3 Å². The second kappa shape index (κ2) is 6.68. The zero-order valence-corrected chi connectivity index (χ0v) is 15.6. The smallest absolute Gasteiger partial charge is 0.277 e. The molecule has 3 aromatic heterocycles. The fraction of sp³-hybridized carbons (Fsp3) is 0.158. The van der Waals surface area contributed by atoms with Crippen LogP contribution in [0.25, 0.3) is 17.1 Å². The Morgan fingerprint density at radius 1 is 1.11 bits per heavy atom. The van der Waals surface area contributed by atoms with Crippen LogP contribution in [0.4, 0.5) is 0 Å². The second-order valence-corrected chi connectivity index (χ2v) is 7.10. The molecule has 28 heavy (non-hydrogen) atoms. The van der Waals surface area contributed by atoms with E-state index in [0.29, 0.717) is 39.7 Å². The average Bonchev–Trinajstić information content (AvgIpc) is 3.35. The molecule has 8 nitrogen and oxygen atoms in total. The largest absolute Gasteiger partial charge is 0.454 e. The van der Waals surface area contributed by atoms with E-state index in [4.69, 9.17) is 13.9 Å². The van der Waals surface area contributed by atoms with E-state index < -0.39 is 0 Å². The topological polar surface area (TPSA) is 91.8 Å². The van der Waals surface area contributed by atoms with E-state index in [1.807, 2.05) is 37.3 Å². The Hall–Kier alpha value is -3.33. The van der Waals surface area contributed by atoms with E-state index in [2.05, 4.69) is 15.2 Å². The van der Waals surface area contributed by atoms with Crippen LogP contribution in [0.5, 0.6) is 11.5 Å². The standard InChI is InChI=1S/C19H14N4O4S/c1-11-3-2-4-16-20-13(8-17(24)23(11)16)9-28-19-22-21-18(27-19)12-5-6-14-15(7-12)26-10-25-14/h2-8H,9-10H2,1H3. The zero-order chi connectivity index (χ0) is 19.1. The van der Waals surface area contributed by atoms with E-state index in [-0.39, 0.29) is 12.4 Å². The van der Waals surface area contributed by atoms with E-state index in [1.54, 1.807) is 10.5 Å². The van der Waals surface area contributed by atoms with Crippen LogP contribution in [0.15, 0.2) is 56.9 Å². The number of nitrogens with zero attached hydrogens (tertiary/aromatic N) is 4. The lowest BCUT2D eigenvalue weighted by atomic mass is 10.2. The van der Waals surface area contributed by atoms with Crippen LogP contribution in [0.1, 0.15) is 11.4 Å². The summed E-state index contributed by atoms with van der Waals surface area (Å²) in [6.45, 7) is 2.09. The molecule has 5 rings (SSSR count). The highest BCUT2D eigenvalue weighted by atomic mass is 32.2. The van der Waals surface area contributed by atoms with E-state index >= 15 is 0 Å². The molecule has 0 saturated carbocycles. The average molecular weight is 394 g/mol. The first kappa shape index (κ1) is 16.8. The van der Waals surface area contributed by atoms with Crippen LogP contribution >= 0.6 is 11.8 Å². The number of aryl methyl sites for hydroxylation is 1. The summed E-state index contributed by atoms with van der Waals surface area (Å²) in [7, 11) is 0. The summed E-state index contributed by atoms with van der Waals surface area (Å²) < 4.78 is 18.0. The van der Waals surface area contributed by atoms with Crippen molar-refractivity contribution in [1.82, 2.24) is 19.6 Å². The Bertz CT molecular complexity index is 1250. The van der Waals surface area contributed by atoms with E-state index in [0.717, 1.165) is 11.3 Å². The van der Waals surface area contributed by atoms with Crippen molar-refractivity contribution >= 4 is 17.4 Å². The van der Waals surface area contributed by atoms with Crippen molar-refractivity contribution in [3.63, 3.8) is 0 Å². The van der Waals surface area contributed by atoms with Gasteiger partial charge in [-0.15, -0.1) is 10.2 Å². The Balaban J connectivity index is 1.35. The fourth-order valence-electron chi connectivity index (χ4n) is 2.99. The van der Waals surface area contributed by atoms with Gasteiger partial charge in [0.2, 0.25) is 12.7 Å². The maximum atomic E-state index is 12.4. The Morgan fingerprint density at radius 2 is 2.00 bits per heavy atom. The number of rotatable bonds is 4. The van der Waals surface area contributed by atoms with Gasteiger partial charge >= 0.3 is 0 Å². The SMILES string of the molecule is Cc1cccc2nc(CSc3nnc(-c4ccc5c(c4)OCO5)o3)cc(=O)n12. The molecule has 9 heteroatoms. The van der Waals surface area contributed by atoms with Crippen LogP contribution in [-0.2, 0) is 5.75 Å². The summed E-state index contributed by atoms with van der Waals surface area (Å²) in [4.78, 5) is 16.9. The van der Waals surface area contributed by atoms with Crippen molar-refractivity contribution in [2.75, 3.05) is 6.79 Å². The van der Waals surface area contributed by atoms with Crippen LogP contribution in [0.3, 0.4) is 0 Å². The number of hydrogen-bond acceptors (Lipinski definition) is 8. The maximum Gasteiger partial charge on any atom is 0.277 e. The molecule has 0 unspecified atom stereocenters. The molecule has 0 radical (unpaired) electrons. The summed E-state index contributed by atoms with van der Waals surface area (Å²) >= 11 is 1.33. The Kier molecular flexibility index (Phi) is 4.01. The predicted molar refractivity (Wildman–Crippen MR) is 102 cm³/mol. The molecule has 0 aliphatic carbocycles. The van der Waals surface area contributed by atoms with Gasteiger partial charge in [0.05, 0.1) is 5.69 Å². The van der Waals surface area contributed by atoms with Gasteiger partial charge in [-0.25, -0.2) is 4.98 Å². The molecule has 1 aliphatic rings. The van der Waals surface area contributed by atoms with Crippen molar-refractivity contribution in [2.24, 2.45) is 0 Å². The molecule has 0 fully saturated rings. The van der Waals surface area contributed by atoms with Gasteiger partial charge in [0.15, 0.2) is 11.5 Å². The molecular weight excluding hydrogens is 380 g/mol. The van der Waals surface area contributed by atoms with Crippen molar-refractivity contribution < 1.29 is 13.9 Å². The van der Waals surface area contributed by atoms with Crippen molar-refractivity contribution in [3.8, 4) is 23.0 Å². The Labute approximate surface area is 163 Å². The number of pyridine rings is 1. The number of ether oxygens (including phenoxy) is 2. The summed E-state index contributed by atoms with van der Waals surface area (Å²) in [6.07, 6.45) is 0. The van der Waals surface area contributed by atoms with Gasteiger partial charge in [-0.3, -0.25) is 9.20 Å². The molecule has 0 bridgehead atoms. The highest BCUT2D eigenvalue weighted by Gasteiger charge is 2.17. The molecule has 1 aromatic carbocycles. The van der Waals surface area contributed by atoms with Crippen molar-refractivity contribution in [2.45, 2.75) is 17.9 Å². The summed E-state index contributed by atoms with van der Waals surface area (Å²) in [5, 5.41) is 8.55. The number of aromatic nitrogens is 4. The molecular formula is C19H14N4O4S. The van der Waals surface area contributed by atoms with Gasteiger partial charge < -0.3 is 13.9 Å². The first-order valence-corrected chi connectivity index (χ1v) is 9.50. The first-order chi connectivity index (χ1) is 13.7. The predicted octanol–water partition coefficient (Wildman–Crippen LogP) is 3.07. The lowest BCUT2D eigenvalue weighted by Gasteiger charge is -2.05. The number of benzene rings is 1. The van der Waals surface area contributed by atoms with E-state index in [9.17, 15) is 4.79 Å². The van der Waals surface area contributed by atoms with Gasteiger partial charge in [0, 0.05) is 23.1 Å². The third-order valence-corrected chi connectivity index (χ3v) is 5.15. The van der Waals surface area contributed by atoms with Crippen LogP contribution < -0.4 is 15.0 Å². The molecule has 4 heterocycles. The first-order valence-electron chi connectivity index (χ1n) is 8.52. The van der Waals surface area contributed by atoms with Gasteiger partial charge in [-0.1, -0.05) is 17.8 Å². The van der Waals surface area contributed by atoms with Crippen LogP contribution in [0, 0.1) is 6.92 Å². The zero-order valence-electron chi connectivity index (χ0n) is 14.8. The highest BCUT2D eigenvalue weighted by Crippen LogP contribution is 2.36. The molecule has 0 spiro atoms. The summed E-state index contributed by atoms with van der Waals surface area (Å²) in [5.74, 6) is 2.19. The molecule has 0 amide bonds.